The van der Waals surface area contributed by atoms with E-state index in [0.29, 0.717) is 0 Å². The van der Waals surface area contributed by atoms with Gasteiger partial charge in [0.2, 0.25) is 0 Å². The van der Waals surface area contributed by atoms with Crippen molar-refractivity contribution < 1.29 is 9.90 Å². The summed E-state index contributed by atoms with van der Waals surface area (Å²) in [7, 11) is 0. The number of hydrogen-bond donors (Lipinski definition) is 1. The average molecular weight is 184 g/mol. The summed E-state index contributed by atoms with van der Waals surface area (Å²) in [6.07, 6.45) is 9.72. The molecule has 0 aliphatic heterocycles. The van der Waals surface area contributed by atoms with Crippen molar-refractivity contribution in [2.45, 2.75) is 46.0 Å². The molecule has 0 aromatic carbocycles. The molecule has 1 unspecified atom stereocenters. The Kier molecular flexibility index (Phi) is 7.36. The van der Waals surface area contributed by atoms with Gasteiger partial charge in [-0.1, -0.05) is 38.3 Å². The van der Waals surface area contributed by atoms with E-state index in [9.17, 15) is 4.79 Å². The van der Waals surface area contributed by atoms with Crippen LogP contribution in [-0.2, 0) is 4.79 Å². The van der Waals surface area contributed by atoms with Crippen molar-refractivity contribution in [3.05, 3.63) is 12.2 Å². The second kappa shape index (κ2) is 7.84. The van der Waals surface area contributed by atoms with Crippen LogP contribution >= 0.6 is 0 Å². The van der Waals surface area contributed by atoms with Crippen LogP contribution in [0.4, 0.5) is 0 Å². The largest absolute Gasteiger partial charge is 0.481 e. The van der Waals surface area contributed by atoms with E-state index in [2.05, 4.69) is 6.92 Å². The number of carboxylic acid groups (broad SMARTS) is 1. The first-order valence-electron chi connectivity index (χ1n) is 5.08. The molecule has 0 heterocycles. The summed E-state index contributed by atoms with van der Waals surface area (Å²) in [5, 5.41) is 8.57. The standard InChI is InChI=1S/C11H20O2/c1-3-4-5-6-7-8-9-10(2)11(12)13/h8-10H,3-7H2,1-2H3,(H,12,13). The van der Waals surface area contributed by atoms with Crippen LogP contribution in [0.2, 0.25) is 0 Å². The SMILES string of the molecule is CCCCCCC=CC(C)C(=O)O. The van der Waals surface area contributed by atoms with E-state index in [0.717, 1.165) is 6.42 Å². The van der Waals surface area contributed by atoms with Gasteiger partial charge in [-0.2, -0.15) is 0 Å². The third-order valence-corrected chi connectivity index (χ3v) is 2.04. The minimum absolute atomic E-state index is 0.342. The van der Waals surface area contributed by atoms with Gasteiger partial charge in [-0.05, 0) is 19.8 Å². The molecule has 0 saturated heterocycles. The highest BCUT2D eigenvalue weighted by Crippen LogP contribution is 2.04. The molecule has 13 heavy (non-hydrogen) atoms. The van der Waals surface area contributed by atoms with E-state index >= 15 is 0 Å². The monoisotopic (exact) mass is 184 g/mol. The summed E-state index contributed by atoms with van der Waals surface area (Å²) < 4.78 is 0. The summed E-state index contributed by atoms with van der Waals surface area (Å²) in [6.45, 7) is 3.88. The summed E-state index contributed by atoms with van der Waals surface area (Å²) in [4.78, 5) is 10.4. The highest BCUT2D eigenvalue weighted by Gasteiger charge is 2.04. The minimum atomic E-state index is -0.746. The van der Waals surface area contributed by atoms with Crippen molar-refractivity contribution in [3.63, 3.8) is 0 Å². The molecule has 0 rings (SSSR count). The number of carbonyl (C=O) groups is 1. The van der Waals surface area contributed by atoms with E-state index in [1.807, 2.05) is 6.08 Å². The van der Waals surface area contributed by atoms with Crippen LogP contribution in [0, 0.1) is 5.92 Å². The lowest BCUT2D eigenvalue weighted by molar-refractivity contribution is -0.139. The zero-order valence-corrected chi connectivity index (χ0v) is 8.62. The Morgan fingerprint density at radius 2 is 2.08 bits per heavy atom. The highest BCUT2D eigenvalue weighted by molar-refractivity contribution is 5.71. The molecule has 0 aromatic heterocycles. The molecule has 1 N–H and O–H groups in total. The zero-order chi connectivity index (χ0) is 10.1. The van der Waals surface area contributed by atoms with E-state index in [-0.39, 0.29) is 5.92 Å². The lowest BCUT2D eigenvalue weighted by Gasteiger charge is -1.97. The van der Waals surface area contributed by atoms with Gasteiger partial charge in [0, 0.05) is 0 Å². The van der Waals surface area contributed by atoms with Crippen molar-refractivity contribution in [1.82, 2.24) is 0 Å². The molecule has 0 bridgehead atoms. The maximum absolute atomic E-state index is 10.4. The van der Waals surface area contributed by atoms with Crippen LogP contribution in [0.15, 0.2) is 12.2 Å². The van der Waals surface area contributed by atoms with Crippen LogP contribution in [0.5, 0.6) is 0 Å². The Bertz CT molecular complexity index is 161. The van der Waals surface area contributed by atoms with Crippen molar-refractivity contribution in [2.24, 2.45) is 5.92 Å². The van der Waals surface area contributed by atoms with Gasteiger partial charge in [0.25, 0.3) is 0 Å². The molecule has 2 heteroatoms. The van der Waals surface area contributed by atoms with Gasteiger partial charge in [-0.25, -0.2) is 0 Å². The molecule has 0 radical (unpaired) electrons. The lowest BCUT2D eigenvalue weighted by Crippen LogP contribution is -2.05. The first-order chi connectivity index (χ1) is 6.18. The molecule has 0 aromatic rings. The third-order valence-electron chi connectivity index (χ3n) is 2.04. The van der Waals surface area contributed by atoms with Crippen LogP contribution in [0.25, 0.3) is 0 Å². The highest BCUT2D eigenvalue weighted by atomic mass is 16.4. The number of hydrogen-bond acceptors (Lipinski definition) is 1. The predicted molar refractivity (Wildman–Crippen MR) is 54.7 cm³/mol. The molecular weight excluding hydrogens is 164 g/mol. The smallest absolute Gasteiger partial charge is 0.310 e. The van der Waals surface area contributed by atoms with Crippen LogP contribution in [0.3, 0.4) is 0 Å². The summed E-state index contributed by atoms with van der Waals surface area (Å²) >= 11 is 0. The van der Waals surface area contributed by atoms with Gasteiger partial charge in [-0.15, -0.1) is 0 Å². The zero-order valence-electron chi connectivity index (χ0n) is 8.62. The Morgan fingerprint density at radius 1 is 1.38 bits per heavy atom. The van der Waals surface area contributed by atoms with Crippen LogP contribution in [0.1, 0.15) is 46.0 Å². The van der Waals surface area contributed by atoms with Crippen LogP contribution < -0.4 is 0 Å². The fourth-order valence-electron chi connectivity index (χ4n) is 1.07. The number of unbranched alkanes of at least 4 members (excludes halogenated alkanes) is 4. The van der Waals surface area contributed by atoms with Crippen molar-refractivity contribution >= 4 is 5.97 Å². The summed E-state index contributed by atoms with van der Waals surface area (Å²) in [5.74, 6) is -1.09. The van der Waals surface area contributed by atoms with E-state index in [1.165, 1.54) is 25.7 Å². The number of aliphatic carboxylic acids is 1. The molecule has 76 valence electrons. The summed E-state index contributed by atoms with van der Waals surface area (Å²) in [5.41, 5.74) is 0. The second-order valence-electron chi connectivity index (χ2n) is 3.40. The molecular formula is C11H20O2. The van der Waals surface area contributed by atoms with Crippen molar-refractivity contribution in [2.75, 3.05) is 0 Å². The minimum Gasteiger partial charge on any atom is -0.481 e. The van der Waals surface area contributed by atoms with Gasteiger partial charge in [0.1, 0.15) is 0 Å². The van der Waals surface area contributed by atoms with E-state index < -0.39 is 5.97 Å². The molecule has 1 atom stereocenters. The topological polar surface area (TPSA) is 37.3 Å². The molecule has 2 nitrogen and oxygen atoms in total. The molecule has 0 fully saturated rings. The Balaban J connectivity index is 3.35. The maximum atomic E-state index is 10.4. The first kappa shape index (κ1) is 12.2. The maximum Gasteiger partial charge on any atom is 0.310 e. The van der Waals surface area contributed by atoms with E-state index in [4.69, 9.17) is 5.11 Å². The fraction of sp³-hybridized carbons (Fsp3) is 0.727. The normalized spacial score (nSPS) is 13.4. The third kappa shape index (κ3) is 7.57. The fourth-order valence-corrected chi connectivity index (χ4v) is 1.07. The van der Waals surface area contributed by atoms with E-state index in [1.54, 1.807) is 13.0 Å². The molecule has 0 aliphatic carbocycles. The van der Waals surface area contributed by atoms with Gasteiger partial charge >= 0.3 is 5.97 Å². The second-order valence-corrected chi connectivity index (χ2v) is 3.40. The molecule has 0 saturated carbocycles. The Labute approximate surface area is 80.7 Å². The average Bonchev–Trinajstić information content (AvgIpc) is 2.10. The quantitative estimate of drug-likeness (QED) is 0.487. The van der Waals surface area contributed by atoms with Gasteiger partial charge in [-0.3, -0.25) is 4.79 Å². The van der Waals surface area contributed by atoms with Gasteiger partial charge < -0.3 is 5.11 Å². The first-order valence-corrected chi connectivity index (χ1v) is 5.08. The Morgan fingerprint density at radius 3 is 2.62 bits per heavy atom. The molecule has 0 amide bonds. The van der Waals surface area contributed by atoms with Crippen LogP contribution in [-0.4, -0.2) is 11.1 Å². The van der Waals surface area contributed by atoms with Crippen molar-refractivity contribution in [1.29, 1.82) is 0 Å². The Hall–Kier alpha value is -0.790. The van der Waals surface area contributed by atoms with Crippen molar-refractivity contribution in [3.8, 4) is 0 Å². The number of allylic oxidation sites excluding steroid dienone is 1. The number of carboxylic acids is 1. The predicted octanol–water partition coefficient (Wildman–Crippen LogP) is 3.23. The van der Waals surface area contributed by atoms with Gasteiger partial charge in [0.05, 0.1) is 5.92 Å². The molecule has 0 aliphatic rings. The summed E-state index contributed by atoms with van der Waals surface area (Å²) in [6, 6.07) is 0. The van der Waals surface area contributed by atoms with Gasteiger partial charge in [0.15, 0.2) is 0 Å². The number of rotatable bonds is 7. The molecule has 0 spiro atoms. The lowest BCUT2D eigenvalue weighted by atomic mass is 10.1.